The normalized spacial score (nSPS) is 32.2. The number of hydrogen-bond acceptors (Lipinski definition) is 3. The fourth-order valence-corrected chi connectivity index (χ4v) is 2.45. The van der Waals surface area contributed by atoms with E-state index in [4.69, 9.17) is 5.11 Å². The molecule has 2 fully saturated rings. The van der Waals surface area contributed by atoms with Crippen LogP contribution in [0, 0.1) is 5.92 Å². The van der Waals surface area contributed by atoms with Gasteiger partial charge in [-0.1, -0.05) is 0 Å². The number of rotatable bonds is 3. The molecule has 1 aliphatic heterocycles. The zero-order valence-electron chi connectivity index (χ0n) is 9.44. The van der Waals surface area contributed by atoms with E-state index >= 15 is 0 Å². The van der Waals surface area contributed by atoms with E-state index in [9.17, 15) is 14.4 Å². The van der Waals surface area contributed by atoms with Crippen LogP contribution in [-0.2, 0) is 14.4 Å². The van der Waals surface area contributed by atoms with Gasteiger partial charge in [-0.15, -0.1) is 0 Å². The maximum atomic E-state index is 11.8. The topological polar surface area (TPSA) is 95.5 Å². The Bertz CT molecular complexity index is 355. The first-order chi connectivity index (χ1) is 8.06. The summed E-state index contributed by atoms with van der Waals surface area (Å²) in [5.74, 6) is -1.43. The summed E-state index contributed by atoms with van der Waals surface area (Å²) in [6.07, 6.45) is 2.71. The minimum Gasteiger partial charge on any atom is -0.481 e. The van der Waals surface area contributed by atoms with Crippen molar-refractivity contribution < 1.29 is 19.5 Å². The highest BCUT2D eigenvalue weighted by atomic mass is 16.4. The third kappa shape index (κ3) is 2.75. The monoisotopic (exact) mass is 240 g/mol. The SMILES string of the molecule is O=C1CC[C@H](C(=O)N[C@H]2CC[C@@H](C(=O)O)C2)N1. The minimum atomic E-state index is -0.795. The molecule has 1 saturated heterocycles. The Morgan fingerprint density at radius 3 is 2.59 bits per heavy atom. The third-order valence-electron chi connectivity index (χ3n) is 3.44. The van der Waals surface area contributed by atoms with Crippen LogP contribution in [0.3, 0.4) is 0 Å². The van der Waals surface area contributed by atoms with Gasteiger partial charge in [0.2, 0.25) is 11.8 Å². The molecule has 0 aromatic carbocycles. The molecule has 0 bridgehead atoms. The van der Waals surface area contributed by atoms with E-state index in [1.54, 1.807) is 0 Å². The summed E-state index contributed by atoms with van der Waals surface area (Å²) < 4.78 is 0. The predicted molar refractivity (Wildman–Crippen MR) is 58.1 cm³/mol. The van der Waals surface area contributed by atoms with Gasteiger partial charge in [0.15, 0.2) is 0 Å². The molecule has 6 nitrogen and oxygen atoms in total. The second kappa shape index (κ2) is 4.73. The van der Waals surface area contributed by atoms with Gasteiger partial charge in [-0.05, 0) is 25.7 Å². The number of carbonyl (C=O) groups is 3. The molecular weight excluding hydrogens is 224 g/mol. The molecular formula is C11H16N2O4. The van der Waals surface area contributed by atoms with Crippen molar-refractivity contribution in [2.75, 3.05) is 0 Å². The van der Waals surface area contributed by atoms with Gasteiger partial charge in [0.25, 0.3) is 0 Å². The Morgan fingerprint density at radius 2 is 2.06 bits per heavy atom. The van der Waals surface area contributed by atoms with Gasteiger partial charge >= 0.3 is 5.97 Å². The number of carboxylic acids is 1. The molecule has 0 spiro atoms. The quantitative estimate of drug-likeness (QED) is 0.627. The fraction of sp³-hybridized carbons (Fsp3) is 0.727. The number of hydrogen-bond donors (Lipinski definition) is 3. The number of amides is 2. The van der Waals surface area contributed by atoms with Gasteiger partial charge in [-0.2, -0.15) is 0 Å². The number of carbonyl (C=O) groups excluding carboxylic acids is 2. The van der Waals surface area contributed by atoms with Crippen molar-refractivity contribution >= 4 is 17.8 Å². The summed E-state index contributed by atoms with van der Waals surface area (Å²) >= 11 is 0. The maximum absolute atomic E-state index is 11.8. The lowest BCUT2D eigenvalue weighted by molar-refractivity contribution is -0.141. The average molecular weight is 240 g/mol. The lowest BCUT2D eigenvalue weighted by atomic mass is 10.1. The molecule has 94 valence electrons. The summed E-state index contributed by atoms with van der Waals surface area (Å²) in [7, 11) is 0. The van der Waals surface area contributed by atoms with Gasteiger partial charge in [0.1, 0.15) is 6.04 Å². The zero-order chi connectivity index (χ0) is 12.4. The number of nitrogens with one attached hydrogen (secondary N) is 2. The van der Waals surface area contributed by atoms with Crippen LogP contribution in [0.2, 0.25) is 0 Å². The van der Waals surface area contributed by atoms with Gasteiger partial charge < -0.3 is 15.7 Å². The average Bonchev–Trinajstić information content (AvgIpc) is 2.86. The molecule has 1 aliphatic carbocycles. The Morgan fingerprint density at radius 1 is 1.29 bits per heavy atom. The Balaban J connectivity index is 1.80. The molecule has 0 radical (unpaired) electrons. The van der Waals surface area contributed by atoms with Crippen LogP contribution in [0.25, 0.3) is 0 Å². The molecule has 3 N–H and O–H groups in total. The Kier molecular flexibility index (Phi) is 3.31. The molecule has 0 aromatic rings. The number of carboxylic acid groups (broad SMARTS) is 1. The summed E-state index contributed by atoms with van der Waals surface area (Å²) in [5, 5.41) is 14.2. The molecule has 1 saturated carbocycles. The van der Waals surface area contributed by atoms with E-state index in [2.05, 4.69) is 10.6 Å². The van der Waals surface area contributed by atoms with Crippen LogP contribution >= 0.6 is 0 Å². The van der Waals surface area contributed by atoms with Gasteiger partial charge in [0, 0.05) is 12.5 Å². The first-order valence-electron chi connectivity index (χ1n) is 5.89. The van der Waals surface area contributed by atoms with Crippen molar-refractivity contribution in [3.8, 4) is 0 Å². The molecule has 3 atom stereocenters. The van der Waals surface area contributed by atoms with Crippen LogP contribution in [0.4, 0.5) is 0 Å². The minimum absolute atomic E-state index is 0.0684. The van der Waals surface area contributed by atoms with Crippen LogP contribution < -0.4 is 10.6 Å². The molecule has 1 heterocycles. The van der Waals surface area contributed by atoms with E-state index in [0.717, 1.165) is 0 Å². The van der Waals surface area contributed by atoms with Crippen molar-refractivity contribution in [2.45, 2.75) is 44.2 Å². The van der Waals surface area contributed by atoms with Crippen molar-refractivity contribution in [1.82, 2.24) is 10.6 Å². The Hall–Kier alpha value is -1.59. The van der Waals surface area contributed by atoms with Crippen LogP contribution in [0.15, 0.2) is 0 Å². The number of aliphatic carboxylic acids is 1. The maximum Gasteiger partial charge on any atom is 0.306 e. The standard InChI is InChI=1S/C11H16N2O4/c14-9-4-3-8(13-9)10(15)12-7-2-1-6(5-7)11(16)17/h6-8H,1-5H2,(H,12,15)(H,13,14)(H,16,17)/t6-,7+,8-/m1/s1. The van der Waals surface area contributed by atoms with Gasteiger partial charge in [-0.3, -0.25) is 14.4 Å². The van der Waals surface area contributed by atoms with Crippen molar-refractivity contribution in [3.63, 3.8) is 0 Å². The van der Waals surface area contributed by atoms with E-state index in [0.29, 0.717) is 32.1 Å². The largest absolute Gasteiger partial charge is 0.481 e. The summed E-state index contributed by atoms with van der Waals surface area (Å²) in [4.78, 5) is 33.5. The van der Waals surface area contributed by atoms with Gasteiger partial charge in [0.05, 0.1) is 5.92 Å². The molecule has 6 heteroatoms. The van der Waals surface area contributed by atoms with E-state index in [1.807, 2.05) is 0 Å². The lowest BCUT2D eigenvalue weighted by Crippen LogP contribution is -2.45. The zero-order valence-corrected chi connectivity index (χ0v) is 9.44. The van der Waals surface area contributed by atoms with Crippen molar-refractivity contribution in [2.24, 2.45) is 5.92 Å². The predicted octanol–water partition coefficient (Wildman–Crippen LogP) is -0.365. The lowest BCUT2D eigenvalue weighted by Gasteiger charge is -2.16. The first kappa shape index (κ1) is 11.9. The van der Waals surface area contributed by atoms with E-state index in [1.165, 1.54) is 0 Å². The molecule has 2 aliphatic rings. The second-order valence-electron chi connectivity index (χ2n) is 4.71. The highest BCUT2D eigenvalue weighted by molar-refractivity contribution is 5.90. The first-order valence-corrected chi connectivity index (χ1v) is 5.89. The molecule has 0 unspecified atom stereocenters. The second-order valence-corrected chi connectivity index (χ2v) is 4.71. The van der Waals surface area contributed by atoms with E-state index < -0.39 is 12.0 Å². The highest BCUT2D eigenvalue weighted by Gasteiger charge is 2.33. The van der Waals surface area contributed by atoms with Crippen LogP contribution in [-0.4, -0.2) is 35.0 Å². The summed E-state index contributed by atoms with van der Waals surface area (Å²) in [6, 6.07) is -0.507. The molecule has 2 rings (SSSR count). The smallest absolute Gasteiger partial charge is 0.306 e. The van der Waals surface area contributed by atoms with E-state index in [-0.39, 0.29) is 23.8 Å². The van der Waals surface area contributed by atoms with Crippen LogP contribution in [0.5, 0.6) is 0 Å². The van der Waals surface area contributed by atoms with Crippen molar-refractivity contribution in [3.05, 3.63) is 0 Å². The van der Waals surface area contributed by atoms with Crippen LogP contribution in [0.1, 0.15) is 32.1 Å². The molecule has 17 heavy (non-hydrogen) atoms. The molecule has 0 aromatic heterocycles. The summed E-state index contributed by atoms with van der Waals surface area (Å²) in [6.45, 7) is 0. The molecule has 2 amide bonds. The third-order valence-corrected chi connectivity index (χ3v) is 3.44. The summed E-state index contributed by atoms with van der Waals surface area (Å²) in [5.41, 5.74) is 0. The van der Waals surface area contributed by atoms with Crippen molar-refractivity contribution in [1.29, 1.82) is 0 Å². The Labute approximate surface area is 98.8 Å². The fourth-order valence-electron chi connectivity index (χ4n) is 2.45. The highest BCUT2D eigenvalue weighted by Crippen LogP contribution is 2.25. The van der Waals surface area contributed by atoms with Gasteiger partial charge in [-0.25, -0.2) is 0 Å².